The minimum atomic E-state index is -0.159. The van der Waals surface area contributed by atoms with Crippen molar-refractivity contribution in [3.8, 4) is 0 Å². The van der Waals surface area contributed by atoms with E-state index in [-0.39, 0.29) is 11.9 Å². The van der Waals surface area contributed by atoms with Crippen LogP contribution < -0.4 is 11.1 Å². The highest BCUT2D eigenvalue weighted by Crippen LogP contribution is 2.12. The van der Waals surface area contributed by atoms with Gasteiger partial charge < -0.3 is 11.1 Å². The molecule has 1 aromatic rings. The van der Waals surface area contributed by atoms with Gasteiger partial charge in [-0.1, -0.05) is 38.2 Å². The molecule has 0 aliphatic carbocycles. The molecule has 0 bridgehead atoms. The fourth-order valence-electron chi connectivity index (χ4n) is 2.08. The zero-order valence-electron chi connectivity index (χ0n) is 12.3. The smallest absolute Gasteiger partial charge is 0.241 e. The van der Waals surface area contributed by atoms with Crippen LogP contribution in [0.4, 0.5) is 5.69 Å². The zero-order valence-corrected chi connectivity index (χ0v) is 13.2. The van der Waals surface area contributed by atoms with Gasteiger partial charge in [0, 0.05) is 11.3 Å². The van der Waals surface area contributed by atoms with Crippen molar-refractivity contribution in [3.63, 3.8) is 0 Å². The first-order valence-electron chi connectivity index (χ1n) is 6.94. The summed E-state index contributed by atoms with van der Waals surface area (Å²) in [6.07, 6.45) is 1.03. The number of anilines is 1. The number of nitrogens with two attached hydrogens (primary N) is 1. The molecule has 0 aliphatic heterocycles. The van der Waals surface area contributed by atoms with Crippen molar-refractivity contribution in [2.24, 2.45) is 5.73 Å². The molecular weight excluding hydrogens is 270 g/mol. The van der Waals surface area contributed by atoms with Crippen LogP contribution in [0.5, 0.6) is 0 Å². The number of likely N-dealkylation sites (N-methyl/N-ethyl adjacent to an activating group) is 1. The topological polar surface area (TPSA) is 58.4 Å². The van der Waals surface area contributed by atoms with Crippen molar-refractivity contribution >= 4 is 28.8 Å². The van der Waals surface area contributed by atoms with E-state index in [1.54, 1.807) is 6.07 Å². The van der Waals surface area contributed by atoms with E-state index in [0.717, 1.165) is 30.8 Å². The number of hydrogen-bond acceptors (Lipinski definition) is 3. The Morgan fingerprint density at radius 2 is 2.15 bits per heavy atom. The van der Waals surface area contributed by atoms with E-state index in [0.29, 0.717) is 4.99 Å². The number of nitrogens with one attached hydrogen (secondary N) is 1. The van der Waals surface area contributed by atoms with Crippen molar-refractivity contribution in [1.82, 2.24) is 4.90 Å². The van der Waals surface area contributed by atoms with E-state index in [4.69, 9.17) is 18.0 Å². The Morgan fingerprint density at radius 1 is 1.45 bits per heavy atom. The first kappa shape index (κ1) is 16.6. The molecule has 1 unspecified atom stereocenters. The van der Waals surface area contributed by atoms with Crippen LogP contribution in [0.1, 0.15) is 32.8 Å². The lowest BCUT2D eigenvalue weighted by Gasteiger charge is -2.26. The molecule has 0 radical (unpaired) electrons. The third-order valence-corrected chi connectivity index (χ3v) is 3.49. The minimum absolute atomic E-state index is 0.0135. The lowest BCUT2D eigenvalue weighted by Crippen LogP contribution is -2.42. The summed E-state index contributed by atoms with van der Waals surface area (Å²) in [5.41, 5.74) is 7.07. The highest BCUT2D eigenvalue weighted by Gasteiger charge is 2.19. The fourth-order valence-corrected chi connectivity index (χ4v) is 2.20. The van der Waals surface area contributed by atoms with Crippen LogP contribution in [0.3, 0.4) is 0 Å². The predicted octanol–water partition coefficient (Wildman–Crippen LogP) is 2.38. The second kappa shape index (κ2) is 7.97. The highest BCUT2D eigenvalue weighted by atomic mass is 32.1. The van der Waals surface area contributed by atoms with E-state index in [9.17, 15) is 4.79 Å². The third kappa shape index (κ3) is 4.58. The van der Waals surface area contributed by atoms with E-state index >= 15 is 0 Å². The van der Waals surface area contributed by atoms with Gasteiger partial charge in [-0.2, -0.15) is 0 Å². The molecule has 0 saturated heterocycles. The fraction of sp³-hybridized carbons (Fsp3) is 0.467. The molecule has 20 heavy (non-hydrogen) atoms. The molecule has 5 heteroatoms. The van der Waals surface area contributed by atoms with E-state index < -0.39 is 0 Å². The Hall–Kier alpha value is -1.46. The van der Waals surface area contributed by atoms with Gasteiger partial charge in [-0.3, -0.25) is 9.69 Å². The molecule has 1 aromatic carbocycles. The predicted molar refractivity (Wildman–Crippen MR) is 88.0 cm³/mol. The van der Waals surface area contributed by atoms with E-state index in [1.165, 1.54) is 0 Å². The lowest BCUT2D eigenvalue weighted by atomic mass is 10.2. The maximum absolute atomic E-state index is 12.3. The van der Waals surface area contributed by atoms with Crippen LogP contribution in [-0.4, -0.2) is 34.9 Å². The van der Waals surface area contributed by atoms with Gasteiger partial charge in [-0.15, -0.1) is 0 Å². The maximum Gasteiger partial charge on any atom is 0.241 e. The summed E-state index contributed by atoms with van der Waals surface area (Å²) in [5.74, 6) is -0.0135. The number of benzene rings is 1. The Bertz CT molecular complexity index is 476. The number of carbonyl (C=O) groups is 1. The SMILES string of the molecule is CCCN(CC)C(C)C(=O)Nc1cccc(C(N)=S)c1. The maximum atomic E-state index is 12.3. The lowest BCUT2D eigenvalue weighted by molar-refractivity contribution is -0.120. The third-order valence-electron chi connectivity index (χ3n) is 3.26. The average molecular weight is 293 g/mol. The van der Waals surface area contributed by atoms with Crippen LogP contribution in [0.15, 0.2) is 24.3 Å². The summed E-state index contributed by atoms with van der Waals surface area (Å²) in [6, 6.07) is 7.13. The number of rotatable bonds is 7. The second-order valence-corrected chi connectivity index (χ2v) is 5.18. The number of amides is 1. The average Bonchev–Trinajstić information content (AvgIpc) is 2.44. The molecule has 0 fully saturated rings. The van der Waals surface area contributed by atoms with Gasteiger partial charge in [0.05, 0.1) is 6.04 Å². The standard InChI is InChI=1S/C15H23N3OS/c1-4-9-18(5-2)11(3)15(19)17-13-8-6-7-12(10-13)14(16)20/h6-8,10-11H,4-5,9H2,1-3H3,(H2,16,20)(H,17,19). The summed E-state index contributed by atoms with van der Waals surface area (Å²) >= 11 is 4.94. The molecular formula is C15H23N3OS. The van der Waals surface area contributed by atoms with Crippen molar-refractivity contribution in [2.45, 2.75) is 33.2 Å². The van der Waals surface area contributed by atoms with Crippen molar-refractivity contribution in [3.05, 3.63) is 29.8 Å². The summed E-state index contributed by atoms with van der Waals surface area (Å²) in [5, 5.41) is 2.91. The zero-order chi connectivity index (χ0) is 15.1. The van der Waals surface area contributed by atoms with Crippen LogP contribution in [0.2, 0.25) is 0 Å². The van der Waals surface area contributed by atoms with E-state index in [1.807, 2.05) is 25.1 Å². The Morgan fingerprint density at radius 3 is 2.70 bits per heavy atom. The van der Waals surface area contributed by atoms with Crippen molar-refractivity contribution in [2.75, 3.05) is 18.4 Å². The van der Waals surface area contributed by atoms with Gasteiger partial charge in [0.25, 0.3) is 0 Å². The van der Waals surface area contributed by atoms with Gasteiger partial charge in [-0.25, -0.2) is 0 Å². The van der Waals surface area contributed by atoms with Crippen LogP contribution >= 0.6 is 12.2 Å². The number of thiocarbonyl (C=S) groups is 1. The minimum Gasteiger partial charge on any atom is -0.389 e. The molecule has 0 spiro atoms. The Labute approximate surface area is 126 Å². The number of nitrogens with zero attached hydrogens (tertiary/aromatic N) is 1. The summed E-state index contributed by atoms with van der Waals surface area (Å²) in [4.78, 5) is 14.7. The van der Waals surface area contributed by atoms with Crippen LogP contribution in [0, 0.1) is 0 Å². The largest absolute Gasteiger partial charge is 0.389 e. The second-order valence-electron chi connectivity index (χ2n) is 4.74. The first-order valence-corrected chi connectivity index (χ1v) is 7.35. The van der Waals surface area contributed by atoms with Crippen LogP contribution in [-0.2, 0) is 4.79 Å². The molecule has 3 N–H and O–H groups in total. The number of hydrogen-bond donors (Lipinski definition) is 2. The summed E-state index contributed by atoms with van der Waals surface area (Å²) in [7, 11) is 0. The summed E-state index contributed by atoms with van der Waals surface area (Å²) < 4.78 is 0. The summed E-state index contributed by atoms with van der Waals surface area (Å²) in [6.45, 7) is 7.87. The first-order chi connectivity index (χ1) is 9.49. The normalized spacial score (nSPS) is 12.2. The molecule has 0 aliphatic rings. The number of carbonyl (C=O) groups excluding carboxylic acids is 1. The molecule has 4 nitrogen and oxygen atoms in total. The van der Waals surface area contributed by atoms with Crippen molar-refractivity contribution in [1.29, 1.82) is 0 Å². The monoisotopic (exact) mass is 293 g/mol. The van der Waals surface area contributed by atoms with Gasteiger partial charge in [0.2, 0.25) is 5.91 Å². The Kier molecular flexibility index (Phi) is 6.61. The van der Waals surface area contributed by atoms with Gasteiger partial charge in [0.15, 0.2) is 0 Å². The van der Waals surface area contributed by atoms with E-state index in [2.05, 4.69) is 24.1 Å². The van der Waals surface area contributed by atoms with Crippen molar-refractivity contribution < 1.29 is 4.79 Å². The molecule has 0 saturated carbocycles. The molecule has 1 rings (SSSR count). The Balaban J connectivity index is 2.74. The molecule has 0 aromatic heterocycles. The highest BCUT2D eigenvalue weighted by molar-refractivity contribution is 7.80. The van der Waals surface area contributed by atoms with Gasteiger partial charge in [-0.05, 0) is 38.6 Å². The van der Waals surface area contributed by atoms with Gasteiger partial charge >= 0.3 is 0 Å². The van der Waals surface area contributed by atoms with Gasteiger partial charge in [0.1, 0.15) is 4.99 Å². The quantitative estimate of drug-likeness (QED) is 0.758. The molecule has 0 heterocycles. The molecule has 1 amide bonds. The molecule has 1 atom stereocenters. The van der Waals surface area contributed by atoms with Crippen LogP contribution in [0.25, 0.3) is 0 Å². The molecule has 110 valence electrons.